The zero-order chi connectivity index (χ0) is 13.9. The molecule has 0 unspecified atom stereocenters. The molecule has 3 rings (SSSR count). The maximum atomic E-state index is 9.39. The maximum absolute atomic E-state index is 9.39. The Morgan fingerprint density at radius 2 is 1.90 bits per heavy atom. The average molecular weight is 265 g/mol. The van der Waals surface area contributed by atoms with Crippen LogP contribution in [0.1, 0.15) is 0 Å². The van der Waals surface area contributed by atoms with Gasteiger partial charge in [-0.25, -0.2) is 4.98 Å². The Bertz CT molecular complexity index is 735. The fourth-order valence-electron chi connectivity index (χ4n) is 2.03. The van der Waals surface area contributed by atoms with Crippen molar-refractivity contribution in [1.82, 2.24) is 9.97 Å². The number of hydrogen-bond donors (Lipinski definition) is 3. The highest BCUT2D eigenvalue weighted by atomic mass is 16.4. The maximum Gasteiger partial charge on any atom is 0.490 e. The van der Waals surface area contributed by atoms with Crippen molar-refractivity contribution in [2.24, 2.45) is 0 Å². The van der Waals surface area contributed by atoms with Crippen LogP contribution in [-0.2, 0) is 0 Å². The Morgan fingerprint density at radius 1 is 1.00 bits per heavy atom. The van der Waals surface area contributed by atoms with E-state index in [1.807, 2.05) is 30.3 Å². The van der Waals surface area contributed by atoms with Gasteiger partial charge in [-0.3, -0.25) is 4.98 Å². The molecular formula is C14H12BN3O2. The van der Waals surface area contributed by atoms with Gasteiger partial charge >= 0.3 is 7.12 Å². The first-order valence-corrected chi connectivity index (χ1v) is 6.17. The molecule has 0 fully saturated rings. The Labute approximate surface area is 116 Å². The standard InChI is InChI=1S/C14H12BN3O2/c19-15(20)12-5-1-3-10-6-7-13(18-14(10)12)17-11-4-2-8-16-9-11/h1-9,19-20H,(H,17,18). The van der Waals surface area contributed by atoms with Crippen LogP contribution in [0.4, 0.5) is 11.5 Å². The van der Waals surface area contributed by atoms with Crippen LogP contribution in [0, 0.1) is 0 Å². The number of hydrogen-bond acceptors (Lipinski definition) is 5. The largest absolute Gasteiger partial charge is 0.490 e. The lowest BCUT2D eigenvalue weighted by atomic mass is 9.79. The van der Waals surface area contributed by atoms with Crippen molar-refractivity contribution >= 4 is 35.0 Å². The molecule has 3 N–H and O–H groups in total. The minimum Gasteiger partial charge on any atom is -0.423 e. The molecule has 2 heterocycles. The minimum atomic E-state index is -1.54. The van der Waals surface area contributed by atoms with Crippen molar-refractivity contribution in [1.29, 1.82) is 0 Å². The van der Waals surface area contributed by atoms with Gasteiger partial charge < -0.3 is 15.4 Å². The number of anilines is 2. The number of pyridine rings is 2. The topological polar surface area (TPSA) is 78.3 Å². The first-order chi connectivity index (χ1) is 9.74. The summed E-state index contributed by atoms with van der Waals surface area (Å²) in [7, 11) is -1.54. The zero-order valence-electron chi connectivity index (χ0n) is 10.6. The number of benzene rings is 1. The Morgan fingerprint density at radius 3 is 2.65 bits per heavy atom. The van der Waals surface area contributed by atoms with Crippen LogP contribution in [0.15, 0.2) is 54.9 Å². The molecule has 0 aliphatic rings. The van der Waals surface area contributed by atoms with E-state index in [0.717, 1.165) is 11.1 Å². The van der Waals surface area contributed by atoms with Gasteiger partial charge in [0.25, 0.3) is 0 Å². The van der Waals surface area contributed by atoms with Crippen molar-refractivity contribution in [3.8, 4) is 0 Å². The summed E-state index contributed by atoms with van der Waals surface area (Å²) in [4.78, 5) is 8.45. The molecule has 0 saturated carbocycles. The monoisotopic (exact) mass is 265 g/mol. The smallest absolute Gasteiger partial charge is 0.423 e. The van der Waals surface area contributed by atoms with Gasteiger partial charge in [0.15, 0.2) is 0 Å². The molecule has 1 aromatic carbocycles. The molecule has 0 spiro atoms. The van der Waals surface area contributed by atoms with E-state index >= 15 is 0 Å². The second-order valence-electron chi connectivity index (χ2n) is 4.36. The summed E-state index contributed by atoms with van der Waals surface area (Å²) in [5.74, 6) is 0.624. The van der Waals surface area contributed by atoms with Crippen LogP contribution in [0.3, 0.4) is 0 Å². The van der Waals surface area contributed by atoms with Crippen LogP contribution in [0.2, 0.25) is 0 Å². The lowest BCUT2D eigenvalue weighted by molar-refractivity contribution is 0.426. The van der Waals surface area contributed by atoms with Gasteiger partial charge in [0.1, 0.15) is 5.82 Å². The normalized spacial score (nSPS) is 10.5. The first kappa shape index (κ1) is 12.6. The van der Waals surface area contributed by atoms with Crippen molar-refractivity contribution in [2.45, 2.75) is 0 Å². The molecule has 0 aliphatic carbocycles. The van der Waals surface area contributed by atoms with Crippen LogP contribution in [0.5, 0.6) is 0 Å². The minimum absolute atomic E-state index is 0.386. The highest BCUT2D eigenvalue weighted by molar-refractivity contribution is 6.61. The van der Waals surface area contributed by atoms with E-state index in [4.69, 9.17) is 0 Å². The van der Waals surface area contributed by atoms with Crippen molar-refractivity contribution < 1.29 is 10.0 Å². The molecule has 0 aliphatic heterocycles. The Kier molecular flexibility index (Phi) is 3.33. The number of nitrogens with one attached hydrogen (secondary N) is 1. The third kappa shape index (κ3) is 2.47. The molecule has 3 aromatic rings. The average Bonchev–Trinajstić information content (AvgIpc) is 2.47. The summed E-state index contributed by atoms with van der Waals surface area (Å²) in [5.41, 5.74) is 1.77. The molecule has 0 atom stereocenters. The van der Waals surface area contributed by atoms with E-state index in [2.05, 4.69) is 15.3 Å². The fourth-order valence-corrected chi connectivity index (χ4v) is 2.03. The molecule has 5 nitrogen and oxygen atoms in total. The highest BCUT2D eigenvalue weighted by Crippen LogP contribution is 2.17. The zero-order valence-corrected chi connectivity index (χ0v) is 10.6. The summed E-state index contributed by atoms with van der Waals surface area (Å²) < 4.78 is 0. The molecule has 0 radical (unpaired) electrons. The van der Waals surface area contributed by atoms with E-state index in [1.165, 1.54) is 0 Å². The predicted molar refractivity (Wildman–Crippen MR) is 79.1 cm³/mol. The second kappa shape index (κ2) is 5.28. The van der Waals surface area contributed by atoms with Gasteiger partial charge in [0.2, 0.25) is 0 Å². The predicted octanol–water partition coefficient (Wildman–Crippen LogP) is 1.05. The molecule has 0 amide bonds. The number of para-hydroxylation sites is 1. The quantitative estimate of drug-likeness (QED) is 0.617. The van der Waals surface area contributed by atoms with Gasteiger partial charge in [0.05, 0.1) is 17.4 Å². The van der Waals surface area contributed by atoms with E-state index in [0.29, 0.717) is 16.8 Å². The molecule has 98 valence electrons. The lowest BCUT2D eigenvalue weighted by Crippen LogP contribution is -2.30. The number of rotatable bonds is 3. The summed E-state index contributed by atoms with van der Waals surface area (Å²) in [5, 5.41) is 22.8. The fraction of sp³-hybridized carbons (Fsp3) is 0. The summed E-state index contributed by atoms with van der Waals surface area (Å²) in [6, 6.07) is 12.7. The summed E-state index contributed by atoms with van der Waals surface area (Å²) in [6.07, 6.45) is 3.39. The van der Waals surface area contributed by atoms with Gasteiger partial charge in [-0.2, -0.15) is 0 Å². The van der Waals surface area contributed by atoms with Crippen LogP contribution in [-0.4, -0.2) is 27.1 Å². The number of fused-ring (bicyclic) bond motifs is 1. The van der Waals surface area contributed by atoms with Gasteiger partial charge in [0, 0.05) is 11.7 Å². The highest BCUT2D eigenvalue weighted by Gasteiger charge is 2.15. The Balaban J connectivity index is 2.03. The van der Waals surface area contributed by atoms with E-state index < -0.39 is 7.12 Å². The van der Waals surface area contributed by atoms with Gasteiger partial charge in [-0.1, -0.05) is 18.2 Å². The molecule has 6 heteroatoms. The van der Waals surface area contributed by atoms with Crippen molar-refractivity contribution in [3.05, 3.63) is 54.9 Å². The Hall–Kier alpha value is -2.44. The van der Waals surface area contributed by atoms with Crippen LogP contribution < -0.4 is 10.8 Å². The number of nitrogens with zero attached hydrogens (tertiary/aromatic N) is 2. The van der Waals surface area contributed by atoms with Crippen molar-refractivity contribution in [3.63, 3.8) is 0 Å². The first-order valence-electron chi connectivity index (χ1n) is 6.17. The molecule has 0 bridgehead atoms. The van der Waals surface area contributed by atoms with Gasteiger partial charge in [-0.05, 0) is 29.7 Å². The van der Waals surface area contributed by atoms with E-state index in [9.17, 15) is 10.0 Å². The third-order valence-corrected chi connectivity index (χ3v) is 2.96. The van der Waals surface area contributed by atoms with E-state index in [-0.39, 0.29) is 0 Å². The molecule has 0 saturated heterocycles. The van der Waals surface area contributed by atoms with Crippen LogP contribution >= 0.6 is 0 Å². The van der Waals surface area contributed by atoms with Crippen LogP contribution in [0.25, 0.3) is 10.9 Å². The SMILES string of the molecule is OB(O)c1cccc2ccc(Nc3cccnc3)nc12. The summed E-state index contributed by atoms with van der Waals surface area (Å²) in [6.45, 7) is 0. The number of aromatic nitrogens is 2. The molecule has 2 aromatic heterocycles. The van der Waals surface area contributed by atoms with E-state index in [1.54, 1.807) is 24.5 Å². The molecular weight excluding hydrogens is 253 g/mol. The summed E-state index contributed by atoms with van der Waals surface area (Å²) >= 11 is 0. The second-order valence-corrected chi connectivity index (χ2v) is 4.36. The van der Waals surface area contributed by atoms with Gasteiger partial charge in [-0.15, -0.1) is 0 Å². The third-order valence-electron chi connectivity index (χ3n) is 2.96. The lowest BCUT2D eigenvalue weighted by Gasteiger charge is -2.09. The van der Waals surface area contributed by atoms with Crippen molar-refractivity contribution in [2.75, 3.05) is 5.32 Å². The molecule has 20 heavy (non-hydrogen) atoms.